The summed E-state index contributed by atoms with van der Waals surface area (Å²) >= 11 is 0. The zero-order chi connectivity index (χ0) is 20.3. The molecule has 0 bridgehead atoms. The molecule has 3 aromatic rings. The second kappa shape index (κ2) is 8.22. The van der Waals surface area contributed by atoms with Crippen molar-refractivity contribution >= 4 is 22.6 Å². The molecule has 4 rings (SSSR count). The zero-order valence-corrected chi connectivity index (χ0v) is 16.3. The number of carbonyl (C=O) groups excluding carboxylic acids is 1. The lowest BCUT2D eigenvalue weighted by atomic mass is 10.2. The number of aryl methyl sites for hydroxylation is 1. The van der Waals surface area contributed by atoms with Crippen molar-refractivity contribution in [2.45, 2.75) is 12.8 Å². The lowest BCUT2D eigenvalue weighted by Gasteiger charge is -2.11. The van der Waals surface area contributed by atoms with Crippen LogP contribution in [0.3, 0.4) is 0 Å². The van der Waals surface area contributed by atoms with Crippen LogP contribution in [0, 0.1) is 5.92 Å². The third-order valence-corrected chi connectivity index (χ3v) is 4.55. The quantitative estimate of drug-likeness (QED) is 0.691. The van der Waals surface area contributed by atoms with Crippen LogP contribution in [-0.2, 0) is 11.8 Å². The number of ether oxygens (including phenoxy) is 2. The Hall–Kier alpha value is -3.20. The van der Waals surface area contributed by atoms with Gasteiger partial charge in [0.2, 0.25) is 17.7 Å². The molecule has 3 aromatic heterocycles. The van der Waals surface area contributed by atoms with Crippen molar-refractivity contribution in [1.82, 2.24) is 19.5 Å². The van der Waals surface area contributed by atoms with Gasteiger partial charge in [-0.05, 0) is 25.0 Å². The summed E-state index contributed by atoms with van der Waals surface area (Å²) in [5.74, 6) is 1.58. The summed E-state index contributed by atoms with van der Waals surface area (Å²) in [7, 11) is 6.04. The second-order valence-electron chi connectivity index (χ2n) is 6.25. The Morgan fingerprint density at radius 2 is 1.79 bits per heavy atom. The minimum atomic E-state index is 0.0350. The summed E-state index contributed by atoms with van der Waals surface area (Å²) in [5, 5.41) is 10.8. The van der Waals surface area contributed by atoms with E-state index in [0.717, 1.165) is 36.5 Å². The molecule has 1 aliphatic carbocycles. The molecule has 1 saturated carbocycles. The minimum absolute atomic E-state index is 0.0350. The molecule has 9 heteroatoms. The van der Waals surface area contributed by atoms with Crippen molar-refractivity contribution in [3.8, 4) is 23.0 Å². The van der Waals surface area contributed by atoms with Gasteiger partial charge >= 0.3 is 0 Å². The number of fused-ring (bicyclic) bond motifs is 1. The summed E-state index contributed by atoms with van der Waals surface area (Å²) in [4.78, 5) is 24.7. The average Bonchev–Trinajstić information content (AvgIpc) is 3.53. The van der Waals surface area contributed by atoms with Gasteiger partial charge in [-0.3, -0.25) is 4.79 Å². The highest BCUT2D eigenvalue weighted by atomic mass is 16.5. The molecule has 0 aromatic carbocycles. The van der Waals surface area contributed by atoms with Gasteiger partial charge in [-0.25, -0.2) is 15.0 Å². The standard InChI is InChI=1S/C18H19N5O3.CH4O/c1-23-12(15-17(25-2)20-9-21-18(15)26-3)6-11-7-14(19-8-13(11)23)22-16(24)10-4-5-10;1-2/h6-10H,4-5H2,1-3H3,(H,19,22,24);2H,1H3. The van der Waals surface area contributed by atoms with Gasteiger partial charge < -0.3 is 24.5 Å². The Bertz CT molecular complexity index is 975. The van der Waals surface area contributed by atoms with Crippen LogP contribution in [0.2, 0.25) is 0 Å². The predicted molar refractivity (Wildman–Crippen MR) is 104 cm³/mol. The molecule has 2 N–H and O–H groups in total. The van der Waals surface area contributed by atoms with Crippen LogP contribution in [-0.4, -0.2) is 51.9 Å². The maximum Gasteiger partial charge on any atom is 0.229 e. The molecule has 0 atom stereocenters. The van der Waals surface area contributed by atoms with Crippen molar-refractivity contribution in [3.05, 3.63) is 24.7 Å². The largest absolute Gasteiger partial charge is 0.480 e. The van der Waals surface area contributed by atoms with E-state index in [1.165, 1.54) is 6.33 Å². The van der Waals surface area contributed by atoms with Crippen molar-refractivity contribution < 1.29 is 19.4 Å². The number of aliphatic hydroxyl groups excluding tert-OH is 1. The number of amides is 1. The first-order chi connectivity index (χ1) is 13.6. The first-order valence-corrected chi connectivity index (χ1v) is 8.76. The van der Waals surface area contributed by atoms with E-state index in [-0.39, 0.29) is 11.8 Å². The number of hydrogen-bond donors (Lipinski definition) is 2. The van der Waals surface area contributed by atoms with Gasteiger partial charge in [0.05, 0.1) is 31.6 Å². The van der Waals surface area contributed by atoms with Crippen molar-refractivity contribution in [2.24, 2.45) is 13.0 Å². The lowest BCUT2D eigenvalue weighted by Crippen LogP contribution is -2.14. The molecule has 28 heavy (non-hydrogen) atoms. The molecule has 0 saturated heterocycles. The highest BCUT2D eigenvalue weighted by Crippen LogP contribution is 2.38. The van der Waals surface area contributed by atoms with Crippen LogP contribution in [0.4, 0.5) is 5.82 Å². The number of rotatable bonds is 5. The zero-order valence-electron chi connectivity index (χ0n) is 16.3. The minimum Gasteiger partial charge on any atom is -0.480 e. The normalized spacial score (nSPS) is 12.9. The lowest BCUT2D eigenvalue weighted by molar-refractivity contribution is -0.117. The van der Waals surface area contributed by atoms with E-state index in [2.05, 4.69) is 20.3 Å². The molecule has 0 spiro atoms. The molecule has 1 aliphatic rings. The van der Waals surface area contributed by atoms with Gasteiger partial charge in [-0.1, -0.05) is 0 Å². The number of nitrogens with zero attached hydrogens (tertiary/aromatic N) is 4. The number of pyridine rings is 1. The molecule has 148 valence electrons. The fraction of sp³-hybridized carbons (Fsp3) is 0.368. The summed E-state index contributed by atoms with van der Waals surface area (Å²) in [6.07, 6.45) is 5.05. The Morgan fingerprint density at radius 3 is 2.36 bits per heavy atom. The Kier molecular flexibility index (Phi) is 5.74. The number of nitrogens with one attached hydrogen (secondary N) is 1. The van der Waals surface area contributed by atoms with E-state index in [0.29, 0.717) is 23.1 Å². The smallest absolute Gasteiger partial charge is 0.229 e. The summed E-state index contributed by atoms with van der Waals surface area (Å²) in [5.41, 5.74) is 2.42. The molecule has 1 fully saturated rings. The first-order valence-electron chi connectivity index (χ1n) is 8.76. The highest BCUT2D eigenvalue weighted by Gasteiger charge is 2.30. The molecule has 1 amide bonds. The van der Waals surface area contributed by atoms with Crippen molar-refractivity contribution in [1.29, 1.82) is 0 Å². The van der Waals surface area contributed by atoms with Crippen molar-refractivity contribution in [2.75, 3.05) is 26.6 Å². The van der Waals surface area contributed by atoms with Crippen LogP contribution >= 0.6 is 0 Å². The van der Waals surface area contributed by atoms with Gasteiger partial charge in [0.15, 0.2) is 0 Å². The molecule has 3 heterocycles. The number of anilines is 1. The summed E-state index contributed by atoms with van der Waals surface area (Å²) in [6.45, 7) is 0. The average molecular weight is 385 g/mol. The van der Waals surface area contributed by atoms with E-state index < -0.39 is 0 Å². The predicted octanol–water partition coefficient (Wildman–Crippen LogP) is 2.00. The van der Waals surface area contributed by atoms with Gasteiger partial charge in [0.25, 0.3) is 0 Å². The van der Waals surface area contributed by atoms with E-state index >= 15 is 0 Å². The van der Waals surface area contributed by atoms with Crippen LogP contribution in [0.1, 0.15) is 12.8 Å². The van der Waals surface area contributed by atoms with Gasteiger partial charge in [0, 0.05) is 25.5 Å². The monoisotopic (exact) mass is 385 g/mol. The number of hydrogen-bond acceptors (Lipinski definition) is 7. The SMILES string of the molecule is CO.COc1ncnc(OC)c1-c1cc2cc(NC(=O)C3CC3)ncc2n1C. The molecular formula is C19H23N5O4. The van der Waals surface area contributed by atoms with E-state index in [1.807, 2.05) is 23.7 Å². The number of methoxy groups -OCH3 is 2. The topological polar surface area (TPSA) is 111 Å². The van der Waals surface area contributed by atoms with Crippen LogP contribution in [0.5, 0.6) is 11.8 Å². The maximum absolute atomic E-state index is 12.0. The number of aromatic nitrogens is 4. The molecule has 0 radical (unpaired) electrons. The van der Waals surface area contributed by atoms with Gasteiger partial charge in [-0.2, -0.15) is 0 Å². The van der Waals surface area contributed by atoms with Crippen LogP contribution < -0.4 is 14.8 Å². The van der Waals surface area contributed by atoms with Gasteiger partial charge in [0.1, 0.15) is 17.7 Å². The number of carbonyl (C=O) groups is 1. The third-order valence-electron chi connectivity index (χ3n) is 4.55. The van der Waals surface area contributed by atoms with E-state index in [9.17, 15) is 4.79 Å². The van der Waals surface area contributed by atoms with Gasteiger partial charge in [-0.15, -0.1) is 0 Å². The molecular weight excluding hydrogens is 362 g/mol. The second-order valence-corrected chi connectivity index (χ2v) is 6.25. The van der Waals surface area contributed by atoms with Crippen molar-refractivity contribution in [3.63, 3.8) is 0 Å². The molecule has 0 unspecified atom stereocenters. The summed E-state index contributed by atoms with van der Waals surface area (Å²) in [6, 6.07) is 3.84. The molecule has 0 aliphatic heterocycles. The van der Waals surface area contributed by atoms with E-state index in [4.69, 9.17) is 14.6 Å². The Morgan fingerprint density at radius 1 is 1.14 bits per heavy atom. The van der Waals surface area contributed by atoms with E-state index in [1.54, 1.807) is 20.4 Å². The number of aliphatic hydroxyl groups is 1. The Balaban J connectivity index is 0.00000109. The fourth-order valence-electron chi connectivity index (χ4n) is 3.00. The molecule has 9 nitrogen and oxygen atoms in total. The third kappa shape index (κ3) is 3.61. The highest BCUT2D eigenvalue weighted by molar-refractivity contribution is 5.96. The first kappa shape index (κ1) is 19.6. The summed E-state index contributed by atoms with van der Waals surface area (Å²) < 4.78 is 12.7. The fourth-order valence-corrected chi connectivity index (χ4v) is 3.00. The van der Waals surface area contributed by atoms with Crippen LogP contribution in [0.25, 0.3) is 22.2 Å². The Labute approximate surface area is 162 Å². The maximum atomic E-state index is 12.0. The van der Waals surface area contributed by atoms with Crippen LogP contribution in [0.15, 0.2) is 24.7 Å².